The van der Waals surface area contributed by atoms with Crippen molar-refractivity contribution in [1.29, 1.82) is 5.26 Å². The minimum atomic E-state index is -1.18. The number of aliphatic carboxylic acids is 1. The second-order valence-electron chi connectivity index (χ2n) is 14.6. The van der Waals surface area contributed by atoms with E-state index in [-0.39, 0.29) is 19.1 Å². The van der Waals surface area contributed by atoms with Crippen molar-refractivity contribution >= 4 is 47.0 Å². The molecule has 0 fully saturated rings. The van der Waals surface area contributed by atoms with E-state index in [2.05, 4.69) is 16.5 Å². The Morgan fingerprint density at radius 2 is 1.63 bits per heavy atom. The number of nitrogens with one attached hydrogen (secondary N) is 1. The molecule has 2 aliphatic rings. The summed E-state index contributed by atoms with van der Waals surface area (Å²) >= 11 is 13.6. The molecule has 1 aromatic heterocycles. The maximum Gasteiger partial charge on any atom is 0.326 e. The fourth-order valence-electron chi connectivity index (χ4n) is 7.18. The van der Waals surface area contributed by atoms with E-state index in [1.165, 1.54) is 11.9 Å². The van der Waals surface area contributed by atoms with E-state index in [9.17, 15) is 14.7 Å². The third-order valence-electron chi connectivity index (χ3n) is 10.5. The van der Waals surface area contributed by atoms with Crippen LogP contribution in [0.15, 0.2) is 113 Å². The van der Waals surface area contributed by atoms with Crippen LogP contribution < -0.4 is 19.5 Å². The summed E-state index contributed by atoms with van der Waals surface area (Å²) in [6, 6.07) is 31.9. The van der Waals surface area contributed by atoms with Crippen LogP contribution >= 0.6 is 35.1 Å². The Bertz CT molecular complexity index is 2580. The Labute approximate surface area is 360 Å². The number of aromatic nitrogens is 1. The Hall–Kier alpha value is -5.97. The number of aryl methyl sites for hydroxylation is 2. The van der Waals surface area contributed by atoms with Gasteiger partial charge in [-0.2, -0.15) is 5.26 Å². The summed E-state index contributed by atoms with van der Waals surface area (Å²) in [5.74, 6) is 0.916. The number of carbonyl (C=O) groups is 2. The van der Waals surface area contributed by atoms with Gasteiger partial charge in [-0.05, 0) is 120 Å². The van der Waals surface area contributed by atoms with Crippen LogP contribution in [0, 0.1) is 25.2 Å². The zero-order valence-corrected chi connectivity index (χ0v) is 34.8. The summed E-state index contributed by atoms with van der Waals surface area (Å²) in [6.45, 7) is 4.63. The lowest BCUT2D eigenvalue weighted by atomic mass is 9.94. The molecule has 0 saturated carbocycles. The molecule has 0 radical (unpaired) electrons. The number of ether oxygens (including phenoxy) is 3. The summed E-state index contributed by atoms with van der Waals surface area (Å²) in [5, 5.41) is 27.3. The zero-order chi connectivity index (χ0) is 41.9. The molecule has 0 spiro atoms. The number of benzene rings is 5. The predicted octanol–water partition coefficient (Wildman–Crippen LogP) is 9.47. The average molecular weight is 862 g/mol. The third kappa shape index (κ3) is 9.10. The van der Waals surface area contributed by atoms with Crippen LogP contribution in [0.5, 0.6) is 17.2 Å². The van der Waals surface area contributed by atoms with Gasteiger partial charge in [-0.25, -0.2) is 9.10 Å². The van der Waals surface area contributed by atoms with Crippen molar-refractivity contribution in [1.82, 2.24) is 14.8 Å². The molecule has 2 unspecified atom stereocenters. The fraction of sp³-hybridized carbons (Fsp3) is 0.217. The van der Waals surface area contributed by atoms with Crippen molar-refractivity contribution in [2.24, 2.45) is 0 Å². The van der Waals surface area contributed by atoms with E-state index in [1.807, 2.05) is 97.0 Å². The monoisotopic (exact) mass is 860 g/mol. The summed E-state index contributed by atoms with van der Waals surface area (Å²) in [4.78, 5) is 27.6. The smallest absolute Gasteiger partial charge is 0.326 e. The van der Waals surface area contributed by atoms with Crippen LogP contribution in [0.4, 0.5) is 0 Å². The summed E-state index contributed by atoms with van der Waals surface area (Å²) < 4.78 is 26.1. The topological polar surface area (TPSA) is 147 Å². The highest BCUT2D eigenvalue weighted by Crippen LogP contribution is 2.43. The van der Waals surface area contributed by atoms with Crippen LogP contribution in [-0.2, 0) is 35.6 Å². The molecule has 60 heavy (non-hydrogen) atoms. The predicted molar refractivity (Wildman–Crippen MR) is 227 cm³/mol. The number of nitrogens with zero attached hydrogens (tertiary/aromatic N) is 3. The number of halogens is 2. The zero-order valence-electron chi connectivity index (χ0n) is 32.5. The van der Waals surface area contributed by atoms with Crippen LogP contribution in [0.1, 0.15) is 50.9 Å². The Morgan fingerprint density at radius 3 is 2.30 bits per heavy atom. The maximum absolute atomic E-state index is 14.2. The molecule has 0 saturated heterocycles. The van der Waals surface area contributed by atoms with Crippen molar-refractivity contribution in [3.05, 3.63) is 158 Å². The molecule has 304 valence electrons. The van der Waals surface area contributed by atoms with Gasteiger partial charge in [-0.1, -0.05) is 83.0 Å². The molecular formula is C46H38Cl2N4O7S. The highest BCUT2D eigenvalue weighted by Gasteiger charge is 2.37. The first kappa shape index (κ1) is 40.8. The molecule has 1 amide bonds. The first-order chi connectivity index (χ1) is 29.0. The van der Waals surface area contributed by atoms with Crippen LogP contribution in [0.25, 0.3) is 11.1 Å². The number of carbonyl (C=O) groups excluding carboxylic acids is 1. The van der Waals surface area contributed by atoms with Gasteiger partial charge in [0.15, 0.2) is 17.6 Å². The Morgan fingerprint density at radius 1 is 0.933 bits per heavy atom. The molecule has 0 bridgehead atoms. The van der Waals surface area contributed by atoms with Crippen molar-refractivity contribution in [2.75, 3.05) is 6.61 Å². The fourth-order valence-corrected chi connectivity index (χ4v) is 8.57. The summed E-state index contributed by atoms with van der Waals surface area (Å²) in [6.07, 6.45) is 0.0192. The van der Waals surface area contributed by atoms with E-state index in [0.29, 0.717) is 63.9 Å². The van der Waals surface area contributed by atoms with Gasteiger partial charge in [0.1, 0.15) is 36.8 Å². The van der Waals surface area contributed by atoms with Gasteiger partial charge in [0, 0.05) is 13.0 Å². The van der Waals surface area contributed by atoms with Crippen LogP contribution in [0.2, 0.25) is 10.0 Å². The minimum absolute atomic E-state index is 0.0867. The number of carboxylic acids is 1. The van der Waals surface area contributed by atoms with E-state index in [4.69, 9.17) is 47.2 Å². The number of hydrogen-bond acceptors (Lipinski definition) is 10. The molecule has 14 heteroatoms. The second kappa shape index (κ2) is 17.7. The molecule has 2 aliphatic heterocycles. The SMILES string of the molecule is Cc1noc(C)c1SN1Cc2cc3c(cc2CC1C(=O)N[C@@H](Cc1ccc(-c2ccc(C#N)cc2)cc1)C(=O)O)OCC(c1ccc(OCc2ccc(Cl)c(Cl)c2)cc1)O3. The lowest BCUT2D eigenvalue weighted by Gasteiger charge is -2.36. The lowest BCUT2D eigenvalue weighted by Crippen LogP contribution is -2.52. The quantitative estimate of drug-likeness (QED) is 0.113. The molecule has 0 aliphatic carbocycles. The summed E-state index contributed by atoms with van der Waals surface area (Å²) in [7, 11) is 0. The van der Waals surface area contributed by atoms with Crippen LogP contribution in [-0.4, -0.2) is 45.1 Å². The standard InChI is InChI=1S/C46H38Cl2N4O7S/c1-26-44(27(2)59-51-26)60-52-23-35-21-42-41(57-25-43(58-42)33-12-14-36(15-13-33)56-24-30-7-16-37(47)38(48)17-30)20-34(35)19-40(52)45(53)50-39(46(54)55)18-28-3-8-31(9-4-28)32-10-5-29(22-49)6-11-32/h3-17,20-21,39-40,43H,18-19,23-25H2,1-2H3,(H,50,53)(H,54,55)/t39-,40?,43?/m0/s1. The van der Waals surface area contributed by atoms with E-state index >= 15 is 0 Å². The van der Waals surface area contributed by atoms with Gasteiger partial charge in [0.25, 0.3) is 0 Å². The van der Waals surface area contributed by atoms with Crippen molar-refractivity contribution in [3.8, 4) is 34.4 Å². The highest BCUT2D eigenvalue weighted by atomic mass is 35.5. The largest absolute Gasteiger partial charge is 0.489 e. The number of rotatable bonds is 12. The van der Waals surface area contributed by atoms with Gasteiger partial charge in [-0.3, -0.25) is 4.79 Å². The highest BCUT2D eigenvalue weighted by molar-refractivity contribution is 7.97. The Balaban J connectivity index is 0.969. The third-order valence-corrected chi connectivity index (χ3v) is 12.6. The van der Waals surface area contributed by atoms with E-state index < -0.39 is 24.0 Å². The van der Waals surface area contributed by atoms with Crippen molar-refractivity contribution in [3.63, 3.8) is 0 Å². The molecule has 3 heterocycles. The maximum atomic E-state index is 14.2. The molecule has 2 N–H and O–H groups in total. The van der Waals surface area contributed by atoms with Crippen molar-refractivity contribution < 1.29 is 33.4 Å². The lowest BCUT2D eigenvalue weighted by molar-refractivity contribution is -0.142. The van der Waals surface area contributed by atoms with Gasteiger partial charge in [0.2, 0.25) is 5.91 Å². The van der Waals surface area contributed by atoms with Gasteiger partial charge < -0.3 is 29.2 Å². The normalized spacial score (nSPS) is 16.3. The number of fused-ring (bicyclic) bond motifs is 2. The van der Waals surface area contributed by atoms with Crippen molar-refractivity contribution in [2.45, 2.75) is 62.9 Å². The molecule has 5 aromatic carbocycles. The molecule has 11 nitrogen and oxygen atoms in total. The van der Waals surface area contributed by atoms with Gasteiger partial charge in [0.05, 0.1) is 32.3 Å². The van der Waals surface area contributed by atoms with E-state index in [0.717, 1.165) is 43.8 Å². The first-order valence-corrected chi connectivity index (χ1v) is 20.7. The van der Waals surface area contributed by atoms with Gasteiger partial charge in [-0.15, -0.1) is 0 Å². The second-order valence-corrected chi connectivity index (χ2v) is 16.5. The van der Waals surface area contributed by atoms with E-state index in [1.54, 1.807) is 24.3 Å². The number of nitriles is 1. The average Bonchev–Trinajstić information content (AvgIpc) is 3.58. The molecular weight excluding hydrogens is 823 g/mol. The molecule has 6 aromatic rings. The Kier molecular flexibility index (Phi) is 12.0. The first-order valence-electron chi connectivity index (χ1n) is 19.1. The number of carboxylic acid groups (broad SMARTS) is 1. The number of hydrogen-bond donors (Lipinski definition) is 2. The number of amides is 1. The summed E-state index contributed by atoms with van der Waals surface area (Å²) in [5.41, 5.74) is 7.54. The molecule has 8 rings (SSSR count). The minimum Gasteiger partial charge on any atom is -0.489 e. The van der Waals surface area contributed by atoms with Gasteiger partial charge >= 0.3 is 5.97 Å². The molecule has 3 atom stereocenters. The van der Waals surface area contributed by atoms with Crippen LogP contribution in [0.3, 0.4) is 0 Å².